The van der Waals surface area contributed by atoms with Crippen LogP contribution >= 0.6 is 0 Å². The zero-order valence-corrected chi connectivity index (χ0v) is 23.6. The Morgan fingerprint density at radius 3 is 1.93 bits per heavy atom. The van der Waals surface area contributed by atoms with E-state index < -0.39 is 12.3 Å². The highest BCUT2D eigenvalue weighted by Crippen LogP contribution is 2.50. The molecule has 0 radical (unpaired) electrons. The maximum absolute atomic E-state index is 9.61. The van der Waals surface area contributed by atoms with Crippen LogP contribution in [-0.2, 0) is 16.8 Å². The lowest BCUT2D eigenvalue weighted by molar-refractivity contribution is -0.850. The van der Waals surface area contributed by atoms with Crippen molar-refractivity contribution in [1.29, 1.82) is 5.26 Å². The lowest BCUT2D eigenvalue weighted by Crippen LogP contribution is -3.24. The molecule has 1 fully saturated rings. The smallest absolute Gasteiger partial charge is 0.556 e. The van der Waals surface area contributed by atoms with Gasteiger partial charge in [0.05, 0.1) is 23.9 Å². The molecule has 6 aromatic carbocycles. The van der Waals surface area contributed by atoms with Crippen LogP contribution in [0.2, 0.25) is 0 Å². The maximum Gasteiger partial charge on any atom is 0.556 e. The minimum absolute atomic E-state index is 0.152. The largest absolute Gasteiger partial charge is 0.637 e. The van der Waals surface area contributed by atoms with Crippen LogP contribution in [0.1, 0.15) is 33.9 Å². The van der Waals surface area contributed by atoms with E-state index in [1.54, 1.807) is 0 Å². The summed E-state index contributed by atoms with van der Waals surface area (Å²) in [7, 11) is 0. The Kier molecular flexibility index (Phi) is 5.94. The number of rotatable bonds is 4. The van der Waals surface area contributed by atoms with Gasteiger partial charge in [0.25, 0.3) is 0 Å². The van der Waals surface area contributed by atoms with E-state index in [9.17, 15) is 5.26 Å². The summed E-state index contributed by atoms with van der Waals surface area (Å²) in [5.74, 6) is 0.843. The molecule has 0 saturated carbocycles. The second-order valence-electron chi connectivity index (χ2n) is 11.5. The first-order valence-electron chi connectivity index (χ1n) is 14.8. The number of nitrogens with one attached hydrogen (secondary N) is 1. The third-order valence-corrected chi connectivity index (χ3v) is 9.31. The van der Waals surface area contributed by atoms with Crippen molar-refractivity contribution in [2.24, 2.45) is 0 Å². The summed E-state index contributed by atoms with van der Waals surface area (Å²) in [4.78, 5) is 1.20. The van der Waals surface area contributed by atoms with E-state index in [2.05, 4.69) is 133 Å². The lowest BCUT2D eigenvalue weighted by atomic mass is 9.60. The fourth-order valence-corrected chi connectivity index (χ4v) is 7.48. The number of nitrogens with zero attached hydrogens (tertiary/aromatic N) is 1. The van der Waals surface area contributed by atoms with Crippen LogP contribution in [0.4, 0.5) is 0 Å². The van der Waals surface area contributed by atoms with Crippen molar-refractivity contribution in [3.8, 4) is 11.8 Å². The Bertz CT molecular complexity index is 1940. The summed E-state index contributed by atoms with van der Waals surface area (Å²) in [6.07, 6.45) is 0. The van der Waals surface area contributed by atoms with Crippen molar-refractivity contribution in [3.63, 3.8) is 0 Å². The molecule has 1 saturated heterocycles. The Morgan fingerprint density at radius 1 is 0.674 bits per heavy atom. The minimum Gasteiger partial charge on any atom is -0.637 e. The third kappa shape index (κ3) is 3.85. The second-order valence-corrected chi connectivity index (χ2v) is 11.5. The van der Waals surface area contributed by atoms with Gasteiger partial charge in [-0.05, 0) is 40.1 Å². The molecular formula is C38H29BN2O2. The molecule has 0 amide bonds. The molecular weight excluding hydrogens is 527 g/mol. The molecule has 0 spiro atoms. The van der Waals surface area contributed by atoms with Crippen LogP contribution in [0.25, 0.3) is 10.8 Å². The highest BCUT2D eigenvalue weighted by atomic mass is 16.6. The van der Waals surface area contributed by atoms with Gasteiger partial charge in [0.1, 0.15) is 11.6 Å². The van der Waals surface area contributed by atoms with Gasteiger partial charge < -0.3 is 14.1 Å². The van der Waals surface area contributed by atoms with Crippen molar-refractivity contribution in [1.82, 2.24) is 0 Å². The Morgan fingerprint density at radius 2 is 1.28 bits per heavy atom. The first-order valence-corrected chi connectivity index (χ1v) is 14.8. The fraction of sp³-hybridized carbons (Fsp3) is 0.0789. The number of quaternary nitrogens is 1. The number of benzene rings is 6. The van der Waals surface area contributed by atoms with Crippen molar-refractivity contribution >= 4 is 22.9 Å². The Hall–Kier alpha value is -5.15. The van der Waals surface area contributed by atoms with E-state index in [0.717, 1.165) is 22.3 Å². The zero-order chi connectivity index (χ0) is 28.9. The molecule has 5 heteroatoms. The maximum atomic E-state index is 9.61. The molecule has 206 valence electrons. The van der Waals surface area contributed by atoms with Gasteiger partial charge in [-0.25, -0.2) is 0 Å². The zero-order valence-electron chi connectivity index (χ0n) is 23.6. The van der Waals surface area contributed by atoms with Gasteiger partial charge >= 0.3 is 6.69 Å². The van der Waals surface area contributed by atoms with Crippen LogP contribution in [-0.4, -0.2) is 6.69 Å². The van der Waals surface area contributed by atoms with Gasteiger partial charge in [-0.1, -0.05) is 139 Å². The summed E-state index contributed by atoms with van der Waals surface area (Å²) in [6.45, 7) is -1.46. The number of hydrogen-bond acceptors (Lipinski definition) is 3. The molecule has 2 aliphatic rings. The predicted molar refractivity (Wildman–Crippen MR) is 170 cm³/mol. The molecule has 43 heavy (non-hydrogen) atoms. The van der Waals surface area contributed by atoms with Crippen LogP contribution < -0.4 is 14.9 Å². The molecule has 2 aliphatic heterocycles. The van der Waals surface area contributed by atoms with Crippen molar-refractivity contribution in [2.45, 2.75) is 18.2 Å². The van der Waals surface area contributed by atoms with Crippen LogP contribution in [0.5, 0.6) is 5.75 Å². The average molecular weight is 556 g/mol. The standard InChI is InChI=1S/C38H29BN2O2/c40-26-28-20-23-33(24-21-28)39-41(27-35-34-19-11-10-12-29(34)22-25-36(35)42-39)37(30-13-4-1-5-14-30)38(43-39,31-15-6-2-7-16-31)32-17-8-3-9-18-32/h1-25,37,41H,27H2/t37-,39?/m1/s1. The first-order chi connectivity index (χ1) is 21.2. The van der Waals surface area contributed by atoms with Crippen LogP contribution in [0.15, 0.2) is 152 Å². The predicted octanol–water partition coefficient (Wildman–Crippen LogP) is 6.05. The Balaban J connectivity index is 1.47. The number of hydrogen-bond donors (Lipinski definition) is 1. The quantitative estimate of drug-likeness (QED) is 0.269. The second kappa shape index (κ2) is 9.99. The SMILES string of the molecule is N#Cc1ccc([B-]23Oc4ccc5ccccc5c4C[NH+]2[C@H](c2ccccc2)C(c2ccccc2)(c2ccccc2)O3)cc1. The van der Waals surface area contributed by atoms with Gasteiger partial charge in [0.15, 0.2) is 0 Å². The molecule has 1 N–H and O–H groups in total. The van der Waals surface area contributed by atoms with Crippen molar-refractivity contribution in [3.05, 3.63) is 179 Å². The van der Waals surface area contributed by atoms with Crippen molar-refractivity contribution in [2.75, 3.05) is 0 Å². The third-order valence-electron chi connectivity index (χ3n) is 9.31. The molecule has 8 rings (SSSR count). The summed E-state index contributed by atoms with van der Waals surface area (Å²) < 4.78 is 15.0. The van der Waals surface area contributed by atoms with Crippen molar-refractivity contribution < 1.29 is 14.1 Å². The summed E-state index contributed by atoms with van der Waals surface area (Å²) in [6, 6.07) is 54.5. The Labute approximate surface area is 251 Å². The molecule has 0 aromatic heterocycles. The fourth-order valence-electron chi connectivity index (χ4n) is 7.48. The van der Waals surface area contributed by atoms with E-state index in [1.165, 1.54) is 26.7 Å². The molecule has 6 aromatic rings. The molecule has 0 bridgehead atoms. The van der Waals surface area contributed by atoms with E-state index in [1.807, 2.05) is 24.3 Å². The summed E-state index contributed by atoms with van der Waals surface area (Å²) in [5, 5.41) is 12.0. The lowest BCUT2D eigenvalue weighted by Gasteiger charge is -2.46. The molecule has 2 heterocycles. The van der Waals surface area contributed by atoms with Crippen LogP contribution in [0, 0.1) is 11.3 Å². The van der Waals surface area contributed by atoms with Gasteiger partial charge in [-0.15, -0.1) is 0 Å². The van der Waals surface area contributed by atoms with E-state index >= 15 is 0 Å². The molecule has 4 nitrogen and oxygen atoms in total. The van der Waals surface area contributed by atoms with E-state index in [-0.39, 0.29) is 6.04 Å². The number of fused-ring (bicyclic) bond motifs is 4. The van der Waals surface area contributed by atoms with Gasteiger partial charge in [0, 0.05) is 11.1 Å². The summed E-state index contributed by atoms with van der Waals surface area (Å²) in [5.41, 5.74) is 5.17. The monoisotopic (exact) mass is 556 g/mol. The molecule has 0 aliphatic carbocycles. The average Bonchev–Trinajstić information content (AvgIpc) is 3.40. The van der Waals surface area contributed by atoms with E-state index in [0.29, 0.717) is 12.1 Å². The highest BCUT2D eigenvalue weighted by Gasteiger charge is 2.67. The van der Waals surface area contributed by atoms with Gasteiger partial charge in [0.2, 0.25) is 0 Å². The van der Waals surface area contributed by atoms with Crippen LogP contribution in [0.3, 0.4) is 0 Å². The summed E-state index contributed by atoms with van der Waals surface area (Å²) >= 11 is 0. The van der Waals surface area contributed by atoms with E-state index in [4.69, 9.17) is 9.31 Å². The topological polar surface area (TPSA) is 46.7 Å². The molecule has 2 unspecified atom stereocenters. The number of nitriles is 1. The first kappa shape index (κ1) is 25.6. The van der Waals surface area contributed by atoms with Gasteiger partial charge in [-0.3, -0.25) is 0 Å². The van der Waals surface area contributed by atoms with Gasteiger partial charge in [-0.2, -0.15) is 5.26 Å². The normalized spacial score (nSPS) is 21.7. The highest BCUT2D eigenvalue weighted by molar-refractivity contribution is 6.75. The minimum atomic E-state index is -2.16. The molecule has 3 atom stereocenters.